The van der Waals surface area contributed by atoms with Gasteiger partial charge >= 0.3 is 0 Å². The van der Waals surface area contributed by atoms with Gasteiger partial charge in [0.2, 0.25) is 0 Å². The molecule has 3 aliphatic rings. The summed E-state index contributed by atoms with van der Waals surface area (Å²) in [4.78, 5) is 0. The van der Waals surface area contributed by atoms with Crippen LogP contribution in [0.15, 0.2) is 34.9 Å². The number of rotatable bonds is 3. The van der Waals surface area contributed by atoms with Gasteiger partial charge in [-0.3, -0.25) is 0 Å². The maximum absolute atomic E-state index is 10.4. The largest absolute Gasteiger partial charge is 0.367 e. The summed E-state index contributed by atoms with van der Waals surface area (Å²) in [5, 5.41) is 10.4. The van der Waals surface area contributed by atoms with Crippen LogP contribution < -0.4 is 0 Å². The van der Waals surface area contributed by atoms with Crippen LogP contribution in [-0.4, -0.2) is 18.0 Å². The van der Waals surface area contributed by atoms with Crippen LogP contribution in [0.1, 0.15) is 52.9 Å². The second-order valence-corrected chi connectivity index (χ2v) is 7.57. The van der Waals surface area contributed by atoms with Crippen molar-refractivity contribution in [2.75, 3.05) is 6.61 Å². The molecule has 2 aliphatic carbocycles. The van der Waals surface area contributed by atoms with E-state index in [1.54, 1.807) is 0 Å². The molecule has 1 aliphatic heterocycles. The molecule has 122 valence electrons. The Balaban J connectivity index is 1.81. The Morgan fingerprint density at radius 1 is 1.23 bits per heavy atom. The first kappa shape index (κ1) is 16.0. The lowest BCUT2D eigenvalue weighted by Crippen LogP contribution is -2.31. The first-order valence-electron chi connectivity index (χ1n) is 8.86. The summed E-state index contributed by atoms with van der Waals surface area (Å²) in [7, 11) is 0. The molecule has 2 fully saturated rings. The highest BCUT2D eigenvalue weighted by Gasteiger charge is 2.48. The summed E-state index contributed by atoms with van der Waals surface area (Å²) in [6.45, 7) is 7.25. The second-order valence-electron chi connectivity index (χ2n) is 7.57. The molecular weight excluding hydrogens is 272 g/mol. The normalized spacial score (nSPS) is 38.1. The van der Waals surface area contributed by atoms with E-state index in [-0.39, 0.29) is 5.92 Å². The molecule has 1 saturated heterocycles. The summed E-state index contributed by atoms with van der Waals surface area (Å²) in [6, 6.07) is 0. The van der Waals surface area contributed by atoms with Crippen LogP contribution in [0.4, 0.5) is 0 Å². The predicted molar refractivity (Wildman–Crippen MR) is 90.3 cm³/mol. The van der Waals surface area contributed by atoms with Crippen molar-refractivity contribution in [3.63, 3.8) is 0 Å². The van der Waals surface area contributed by atoms with E-state index in [2.05, 4.69) is 39.0 Å². The highest BCUT2D eigenvalue weighted by atomic mass is 16.6. The Bertz CT molecular complexity index is 496. The summed E-state index contributed by atoms with van der Waals surface area (Å²) in [5.74, 6) is 2.20. The van der Waals surface area contributed by atoms with Crippen LogP contribution in [-0.2, 0) is 4.74 Å². The Morgan fingerprint density at radius 3 is 2.82 bits per heavy atom. The van der Waals surface area contributed by atoms with E-state index in [1.807, 2.05) is 0 Å². The molecule has 0 aromatic carbocycles. The molecule has 22 heavy (non-hydrogen) atoms. The van der Waals surface area contributed by atoms with Crippen molar-refractivity contribution in [2.24, 2.45) is 23.7 Å². The van der Waals surface area contributed by atoms with Crippen molar-refractivity contribution < 1.29 is 9.84 Å². The summed E-state index contributed by atoms with van der Waals surface area (Å²) in [5.41, 5.74) is 4.27. The topological polar surface area (TPSA) is 29.5 Å². The summed E-state index contributed by atoms with van der Waals surface area (Å²) >= 11 is 0. The SMILES string of the molecule is CC(C)=CC/C=C(/C)[C@H]1CC[C@@H]2CCC=C3COC(O)[C@@H]3[C@H]21. The molecule has 0 spiro atoms. The monoisotopic (exact) mass is 302 g/mol. The first-order chi connectivity index (χ1) is 10.6. The minimum Gasteiger partial charge on any atom is -0.367 e. The Labute approximate surface area is 134 Å². The van der Waals surface area contributed by atoms with Gasteiger partial charge in [-0.25, -0.2) is 0 Å². The van der Waals surface area contributed by atoms with E-state index in [9.17, 15) is 5.11 Å². The number of ether oxygens (including phenoxy) is 1. The zero-order chi connectivity index (χ0) is 15.7. The highest BCUT2D eigenvalue weighted by Crippen LogP contribution is 2.52. The number of allylic oxidation sites excluding steroid dienone is 5. The van der Waals surface area contributed by atoms with E-state index in [0.29, 0.717) is 18.4 Å². The van der Waals surface area contributed by atoms with Gasteiger partial charge in [-0.2, -0.15) is 0 Å². The van der Waals surface area contributed by atoms with Crippen molar-refractivity contribution in [3.05, 3.63) is 34.9 Å². The molecule has 5 atom stereocenters. The standard InChI is InChI=1S/C20H30O2/c1-13(2)6-4-7-14(3)17-11-10-15-8-5-9-16-12-22-20(21)19(16)18(15)17/h6-7,9,15,17-21H,4-5,8,10-12H2,1-3H3/b14-7-/t15-,17+,18+,19-,20?/m0/s1. The predicted octanol–water partition coefficient (Wildman–Crippen LogP) is 4.62. The lowest BCUT2D eigenvalue weighted by atomic mass is 9.74. The van der Waals surface area contributed by atoms with Gasteiger partial charge in [0, 0.05) is 5.92 Å². The summed E-state index contributed by atoms with van der Waals surface area (Å²) in [6.07, 6.45) is 12.5. The van der Waals surface area contributed by atoms with E-state index in [1.165, 1.54) is 36.0 Å². The van der Waals surface area contributed by atoms with Crippen LogP contribution in [0.3, 0.4) is 0 Å². The van der Waals surface area contributed by atoms with Crippen LogP contribution >= 0.6 is 0 Å². The van der Waals surface area contributed by atoms with Gasteiger partial charge in [0.1, 0.15) is 0 Å². The molecule has 0 bridgehead atoms. The number of hydrogen-bond acceptors (Lipinski definition) is 2. The molecule has 2 nitrogen and oxygen atoms in total. The van der Waals surface area contributed by atoms with E-state index < -0.39 is 6.29 Å². The molecule has 1 heterocycles. The maximum Gasteiger partial charge on any atom is 0.161 e. The van der Waals surface area contributed by atoms with Gasteiger partial charge in [-0.15, -0.1) is 0 Å². The Kier molecular flexibility index (Phi) is 4.89. The molecule has 3 rings (SSSR count). The average molecular weight is 302 g/mol. The molecule has 1 unspecified atom stereocenters. The second kappa shape index (κ2) is 6.72. The van der Waals surface area contributed by atoms with Gasteiger partial charge in [0.05, 0.1) is 6.61 Å². The van der Waals surface area contributed by atoms with Crippen molar-refractivity contribution in [2.45, 2.75) is 59.2 Å². The fourth-order valence-corrected chi connectivity index (χ4v) is 4.83. The minimum atomic E-state index is -0.581. The van der Waals surface area contributed by atoms with Crippen LogP contribution in [0, 0.1) is 23.7 Å². The van der Waals surface area contributed by atoms with Gasteiger partial charge in [-0.1, -0.05) is 29.4 Å². The third kappa shape index (κ3) is 3.09. The minimum absolute atomic E-state index is 0.242. The summed E-state index contributed by atoms with van der Waals surface area (Å²) < 4.78 is 5.56. The Hall–Kier alpha value is -0.860. The molecule has 0 amide bonds. The fourth-order valence-electron chi connectivity index (χ4n) is 4.83. The lowest BCUT2D eigenvalue weighted by molar-refractivity contribution is -0.0981. The molecule has 0 radical (unpaired) electrons. The average Bonchev–Trinajstić information content (AvgIpc) is 2.97. The van der Waals surface area contributed by atoms with Gasteiger partial charge in [0.15, 0.2) is 6.29 Å². The van der Waals surface area contributed by atoms with Crippen molar-refractivity contribution in [1.29, 1.82) is 0 Å². The fraction of sp³-hybridized carbons (Fsp3) is 0.700. The molecule has 2 heteroatoms. The van der Waals surface area contributed by atoms with Crippen molar-refractivity contribution in [3.8, 4) is 0 Å². The number of aliphatic hydroxyl groups excluding tert-OH is 1. The van der Waals surface area contributed by atoms with Crippen LogP contribution in [0.2, 0.25) is 0 Å². The van der Waals surface area contributed by atoms with Crippen LogP contribution in [0.5, 0.6) is 0 Å². The van der Waals surface area contributed by atoms with Gasteiger partial charge in [-0.05, 0) is 76.2 Å². The molecular formula is C20H30O2. The Morgan fingerprint density at radius 2 is 2.05 bits per heavy atom. The van der Waals surface area contributed by atoms with E-state index in [4.69, 9.17) is 4.74 Å². The maximum atomic E-state index is 10.4. The number of fused-ring (bicyclic) bond motifs is 3. The quantitative estimate of drug-likeness (QED) is 0.771. The van der Waals surface area contributed by atoms with Gasteiger partial charge in [0.25, 0.3) is 0 Å². The van der Waals surface area contributed by atoms with E-state index in [0.717, 1.165) is 18.8 Å². The molecule has 0 aromatic rings. The smallest absolute Gasteiger partial charge is 0.161 e. The van der Waals surface area contributed by atoms with Gasteiger partial charge < -0.3 is 9.84 Å². The third-order valence-electron chi connectivity index (χ3n) is 5.92. The van der Waals surface area contributed by atoms with Crippen molar-refractivity contribution >= 4 is 0 Å². The number of aliphatic hydroxyl groups is 1. The highest BCUT2D eigenvalue weighted by molar-refractivity contribution is 5.21. The van der Waals surface area contributed by atoms with Crippen LogP contribution in [0.25, 0.3) is 0 Å². The van der Waals surface area contributed by atoms with Crippen molar-refractivity contribution in [1.82, 2.24) is 0 Å². The zero-order valence-corrected chi connectivity index (χ0v) is 14.2. The molecule has 0 aromatic heterocycles. The number of hydrogen-bond donors (Lipinski definition) is 1. The molecule has 1 saturated carbocycles. The lowest BCUT2D eigenvalue weighted by Gasteiger charge is -2.31. The first-order valence-corrected chi connectivity index (χ1v) is 8.86. The van der Waals surface area contributed by atoms with E-state index >= 15 is 0 Å². The third-order valence-corrected chi connectivity index (χ3v) is 5.92. The molecule has 1 N–H and O–H groups in total. The zero-order valence-electron chi connectivity index (χ0n) is 14.2.